The molecule has 1 aliphatic heterocycles. The zero-order valence-corrected chi connectivity index (χ0v) is 20.6. The van der Waals surface area contributed by atoms with Gasteiger partial charge in [0.2, 0.25) is 0 Å². The van der Waals surface area contributed by atoms with Gasteiger partial charge in [0, 0.05) is 23.0 Å². The van der Waals surface area contributed by atoms with E-state index in [1.54, 1.807) is 17.9 Å². The number of carbonyl (C=O) groups is 3. The number of phenolic OH excluding ortho intramolecular Hbond substituents is 2. The van der Waals surface area contributed by atoms with Crippen molar-refractivity contribution < 1.29 is 29.3 Å². The standard InChI is InChI=1S/C27H24N4O6/c1-13-23(34)21(15(3)32)25-22(24(13)35)27(4)19(37-25)9-18(33)20(26(27)36)14(2)30-17-7-5-16(6-8-17)10-31-12-28-11-29-31/h5-9,11-12,30,34-35H,10H2,1-4H3/b20-14+/t27-/m0/s1. The SMILES string of the molecule is CC(=O)c1c(O)c(C)c(O)c2c1OC1=CC(=O)/C(=C(/C)Nc3ccc(Cn4cncn4)cc3)C(=O)[C@@]12C. The number of nitrogens with zero attached hydrogens (tertiary/aromatic N) is 3. The second-order valence-electron chi connectivity index (χ2n) is 9.30. The molecule has 2 aromatic carbocycles. The Bertz CT molecular complexity index is 1550. The van der Waals surface area contributed by atoms with Gasteiger partial charge in [0.15, 0.2) is 17.3 Å². The second-order valence-corrected chi connectivity index (χ2v) is 9.30. The highest BCUT2D eigenvalue weighted by atomic mass is 16.5. The maximum absolute atomic E-state index is 13.9. The fourth-order valence-corrected chi connectivity index (χ4v) is 4.84. The zero-order valence-electron chi connectivity index (χ0n) is 20.6. The number of rotatable bonds is 5. The largest absolute Gasteiger partial charge is 0.507 e. The second kappa shape index (κ2) is 8.44. The highest BCUT2D eigenvalue weighted by molar-refractivity contribution is 6.31. The number of ether oxygens (including phenoxy) is 1. The van der Waals surface area contributed by atoms with Gasteiger partial charge >= 0.3 is 0 Å². The molecular formula is C27H24N4O6. The lowest BCUT2D eigenvalue weighted by Crippen LogP contribution is -2.40. The van der Waals surface area contributed by atoms with E-state index in [1.807, 2.05) is 24.3 Å². The molecule has 1 aliphatic carbocycles. The third-order valence-electron chi connectivity index (χ3n) is 6.86. The van der Waals surface area contributed by atoms with Crippen molar-refractivity contribution in [3.05, 3.63) is 82.3 Å². The fraction of sp³-hybridized carbons (Fsp3) is 0.222. The van der Waals surface area contributed by atoms with E-state index < -0.39 is 28.5 Å². The van der Waals surface area contributed by atoms with E-state index in [-0.39, 0.29) is 39.5 Å². The number of nitrogens with one attached hydrogen (secondary N) is 1. The number of hydrogen-bond acceptors (Lipinski definition) is 9. The smallest absolute Gasteiger partial charge is 0.194 e. The molecule has 2 aliphatic rings. The predicted octanol–water partition coefficient (Wildman–Crippen LogP) is 3.32. The van der Waals surface area contributed by atoms with Gasteiger partial charge in [-0.2, -0.15) is 5.10 Å². The topological polar surface area (TPSA) is 144 Å². The van der Waals surface area contributed by atoms with Gasteiger partial charge in [0.25, 0.3) is 0 Å². The molecule has 3 N–H and O–H groups in total. The molecule has 3 aromatic rings. The molecule has 0 bridgehead atoms. The third-order valence-corrected chi connectivity index (χ3v) is 6.86. The van der Waals surface area contributed by atoms with Crippen molar-refractivity contribution in [1.29, 1.82) is 0 Å². The van der Waals surface area contributed by atoms with Gasteiger partial charge in [-0.3, -0.25) is 14.4 Å². The minimum Gasteiger partial charge on any atom is -0.507 e. The first kappa shape index (κ1) is 24.0. The van der Waals surface area contributed by atoms with Crippen LogP contribution in [0.3, 0.4) is 0 Å². The molecule has 0 saturated carbocycles. The number of allylic oxidation sites excluding steroid dienone is 4. The first-order chi connectivity index (χ1) is 17.5. The molecule has 0 fully saturated rings. The van der Waals surface area contributed by atoms with Crippen molar-refractivity contribution in [2.45, 2.75) is 39.7 Å². The van der Waals surface area contributed by atoms with Crippen molar-refractivity contribution >= 4 is 23.0 Å². The molecule has 2 heterocycles. The average molecular weight is 501 g/mol. The van der Waals surface area contributed by atoms with Crippen molar-refractivity contribution in [3.8, 4) is 17.2 Å². The summed E-state index contributed by atoms with van der Waals surface area (Å²) in [6.45, 7) is 6.39. The van der Waals surface area contributed by atoms with Crippen LogP contribution in [0.1, 0.15) is 47.8 Å². The fourth-order valence-electron chi connectivity index (χ4n) is 4.84. The van der Waals surface area contributed by atoms with Crippen molar-refractivity contribution in [2.24, 2.45) is 0 Å². The zero-order chi connectivity index (χ0) is 26.6. The summed E-state index contributed by atoms with van der Waals surface area (Å²) in [5.74, 6) is -2.56. The number of aromatic nitrogens is 3. The number of hydrogen-bond donors (Lipinski definition) is 3. The molecule has 0 radical (unpaired) electrons. The molecule has 5 rings (SSSR count). The Labute approximate surface area is 211 Å². The van der Waals surface area contributed by atoms with E-state index in [4.69, 9.17) is 4.74 Å². The first-order valence-corrected chi connectivity index (χ1v) is 11.5. The molecule has 37 heavy (non-hydrogen) atoms. The van der Waals surface area contributed by atoms with Gasteiger partial charge in [-0.15, -0.1) is 0 Å². The number of phenols is 2. The summed E-state index contributed by atoms with van der Waals surface area (Å²) >= 11 is 0. The summed E-state index contributed by atoms with van der Waals surface area (Å²) in [5, 5.41) is 28.6. The van der Waals surface area contributed by atoms with Crippen LogP contribution in [-0.4, -0.2) is 42.3 Å². The van der Waals surface area contributed by atoms with Gasteiger partial charge in [-0.05, 0) is 45.4 Å². The minimum absolute atomic E-state index is 0.00526. The molecule has 1 atom stereocenters. The summed E-state index contributed by atoms with van der Waals surface area (Å²) in [6.07, 6.45) is 4.27. The third kappa shape index (κ3) is 3.60. The van der Waals surface area contributed by atoms with Gasteiger partial charge < -0.3 is 20.3 Å². The molecule has 10 nitrogen and oxygen atoms in total. The Morgan fingerprint density at radius 3 is 2.46 bits per heavy atom. The monoisotopic (exact) mass is 500 g/mol. The maximum Gasteiger partial charge on any atom is 0.194 e. The van der Waals surface area contributed by atoms with Crippen LogP contribution >= 0.6 is 0 Å². The van der Waals surface area contributed by atoms with E-state index in [0.29, 0.717) is 17.9 Å². The summed E-state index contributed by atoms with van der Waals surface area (Å²) in [7, 11) is 0. The highest BCUT2D eigenvalue weighted by Crippen LogP contribution is 2.57. The van der Waals surface area contributed by atoms with E-state index in [2.05, 4.69) is 15.4 Å². The Kier molecular flexibility index (Phi) is 5.47. The summed E-state index contributed by atoms with van der Waals surface area (Å²) in [4.78, 5) is 43.2. The molecule has 0 unspecified atom stereocenters. The van der Waals surface area contributed by atoms with E-state index in [1.165, 1.54) is 33.2 Å². The predicted molar refractivity (Wildman–Crippen MR) is 132 cm³/mol. The van der Waals surface area contributed by atoms with Crippen LogP contribution in [0.4, 0.5) is 5.69 Å². The van der Waals surface area contributed by atoms with Crippen LogP contribution < -0.4 is 10.1 Å². The number of benzene rings is 2. The first-order valence-electron chi connectivity index (χ1n) is 11.5. The lowest BCUT2D eigenvalue weighted by Gasteiger charge is -2.29. The van der Waals surface area contributed by atoms with Crippen molar-refractivity contribution in [3.63, 3.8) is 0 Å². The number of ketones is 3. The van der Waals surface area contributed by atoms with Crippen LogP contribution in [0.5, 0.6) is 17.2 Å². The van der Waals surface area contributed by atoms with Crippen LogP contribution in [0.15, 0.2) is 60.0 Å². The highest BCUT2D eigenvalue weighted by Gasteiger charge is 2.56. The lowest BCUT2D eigenvalue weighted by molar-refractivity contribution is -0.123. The quantitative estimate of drug-likeness (QED) is 0.273. The molecule has 10 heteroatoms. The van der Waals surface area contributed by atoms with Crippen LogP contribution in [0.25, 0.3) is 0 Å². The summed E-state index contributed by atoms with van der Waals surface area (Å²) in [6, 6.07) is 7.43. The van der Waals surface area contributed by atoms with E-state index in [0.717, 1.165) is 5.56 Å². The molecule has 0 amide bonds. The number of fused-ring (bicyclic) bond motifs is 3. The normalized spacial score (nSPS) is 19.6. The molecule has 188 valence electrons. The number of Topliss-reactive ketones (excluding diaryl/α,β-unsaturated/α-hetero) is 2. The average Bonchev–Trinajstić information content (AvgIpc) is 3.45. The van der Waals surface area contributed by atoms with Gasteiger partial charge in [0.1, 0.15) is 46.6 Å². The summed E-state index contributed by atoms with van der Waals surface area (Å²) < 4.78 is 7.48. The Balaban J connectivity index is 1.53. The van der Waals surface area contributed by atoms with Crippen LogP contribution in [-0.2, 0) is 21.5 Å². The number of anilines is 1. The molecule has 1 aromatic heterocycles. The Morgan fingerprint density at radius 2 is 1.84 bits per heavy atom. The lowest BCUT2D eigenvalue weighted by atomic mass is 9.70. The Hall–Kier alpha value is -4.73. The molecule has 0 saturated heterocycles. The van der Waals surface area contributed by atoms with Crippen molar-refractivity contribution in [2.75, 3.05) is 5.32 Å². The minimum atomic E-state index is -1.56. The van der Waals surface area contributed by atoms with Gasteiger partial charge in [-0.1, -0.05) is 12.1 Å². The summed E-state index contributed by atoms with van der Waals surface area (Å²) in [5.41, 5.74) is 0.282. The Morgan fingerprint density at radius 1 is 1.14 bits per heavy atom. The van der Waals surface area contributed by atoms with Gasteiger partial charge in [-0.25, -0.2) is 9.67 Å². The maximum atomic E-state index is 13.9. The van der Waals surface area contributed by atoms with Crippen LogP contribution in [0, 0.1) is 6.92 Å². The number of carbonyl (C=O) groups excluding carboxylic acids is 3. The van der Waals surface area contributed by atoms with Gasteiger partial charge in [0.05, 0.1) is 17.7 Å². The molecular weight excluding hydrogens is 476 g/mol. The number of aromatic hydroxyl groups is 2. The van der Waals surface area contributed by atoms with Crippen LogP contribution in [0.2, 0.25) is 0 Å². The van der Waals surface area contributed by atoms with E-state index >= 15 is 0 Å². The van der Waals surface area contributed by atoms with Crippen molar-refractivity contribution in [1.82, 2.24) is 14.8 Å². The molecule has 0 spiro atoms. The van der Waals surface area contributed by atoms with E-state index in [9.17, 15) is 24.6 Å².